The molecular formula is C17H33NO6S2. The van der Waals surface area contributed by atoms with Crippen molar-refractivity contribution < 1.29 is 27.3 Å². The van der Waals surface area contributed by atoms with Crippen LogP contribution in [0.25, 0.3) is 0 Å². The summed E-state index contributed by atoms with van der Waals surface area (Å²) >= 11 is 1.51. The zero-order valence-corrected chi connectivity index (χ0v) is 17.7. The Bertz CT molecular complexity index is 509. The predicted molar refractivity (Wildman–Crippen MR) is 105 cm³/mol. The second-order valence-electron chi connectivity index (χ2n) is 6.54. The molecule has 0 spiro atoms. The Morgan fingerprint density at radius 1 is 1.23 bits per heavy atom. The Morgan fingerprint density at radius 2 is 1.92 bits per heavy atom. The highest BCUT2D eigenvalue weighted by Gasteiger charge is 2.15. The standard InChI is InChI=1S/C17H33NO6S2/c1-4-14(2)7-5-9-18-16(19)8-11-25-13-15(3)17(20)24-10-6-12-26(21,22)23/h14-15H,4-13H2,1-3H3,(H,18,19)(H,21,22,23). The molecule has 2 atom stereocenters. The number of amides is 1. The average Bonchev–Trinajstić information content (AvgIpc) is 2.57. The van der Waals surface area contributed by atoms with Gasteiger partial charge >= 0.3 is 5.97 Å². The van der Waals surface area contributed by atoms with Crippen molar-refractivity contribution in [3.8, 4) is 0 Å². The van der Waals surface area contributed by atoms with Gasteiger partial charge in [-0.05, 0) is 25.2 Å². The van der Waals surface area contributed by atoms with Gasteiger partial charge in [0.05, 0.1) is 18.3 Å². The van der Waals surface area contributed by atoms with Crippen molar-refractivity contribution in [2.75, 3.05) is 30.4 Å². The van der Waals surface area contributed by atoms with Crippen LogP contribution in [0.3, 0.4) is 0 Å². The molecule has 2 N–H and O–H groups in total. The average molecular weight is 412 g/mol. The van der Waals surface area contributed by atoms with Crippen molar-refractivity contribution in [1.82, 2.24) is 5.32 Å². The largest absolute Gasteiger partial charge is 0.465 e. The summed E-state index contributed by atoms with van der Waals surface area (Å²) in [6.07, 6.45) is 3.77. The fourth-order valence-electron chi connectivity index (χ4n) is 2.02. The molecular weight excluding hydrogens is 378 g/mol. The van der Waals surface area contributed by atoms with Crippen LogP contribution in [0.2, 0.25) is 0 Å². The van der Waals surface area contributed by atoms with Gasteiger partial charge in [0.25, 0.3) is 10.1 Å². The van der Waals surface area contributed by atoms with Crippen LogP contribution in [0.5, 0.6) is 0 Å². The van der Waals surface area contributed by atoms with Crippen LogP contribution in [0.15, 0.2) is 0 Å². The molecule has 0 rings (SSSR count). The van der Waals surface area contributed by atoms with E-state index in [4.69, 9.17) is 9.29 Å². The van der Waals surface area contributed by atoms with E-state index >= 15 is 0 Å². The number of nitrogens with one attached hydrogen (secondary N) is 1. The molecule has 1 amide bonds. The summed E-state index contributed by atoms with van der Waals surface area (Å²) in [6.45, 7) is 6.77. The summed E-state index contributed by atoms with van der Waals surface area (Å²) in [4.78, 5) is 23.4. The molecule has 0 fully saturated rings. The highest BCUT2D eigenvalue weighted by Crippen LogP contribution is 2.12. The van der Waals surface area contributed by atoms with Crippen molar-refractivity contribution in [3.63, 3.8) is 0 Å². The molecule has 0 saturated heterocycles. The van der Waals surface area contributed by atoms with Crippen LogP contribution in [-0.2, 0) is 24.4 Å². The zero-order valence-electron chi connectivity index (χ0n) is 16.0. The summed E-state index contributed by atoms with van der Waals surface area (Å²) in [5.74, 6) is 0.747. The SMILES string of the molecule is CCC(C)CCCNC(=O)CCSCC(C)C(=O)OCCCS(=O)(=O)O. The first-order valence-electron chi connectivity index (χ1n) is 9.12. The number of ether oxygens (including phenoxy) is 1. The van der Waals surface area contributed by atoms with E-state index in [9.17, 15) is 18.0 Å². The topological polar surface area (TPSA) is 110 Å². The lowest BCUT2D eigenvalue weighted by atomic mass is 10.0. The smallest absolute Gasteiger partial charge is 0.309 e. The number of carbonyl (C=O) groups excluding carboxylic acids is 2. The molecule has 9 heteroatoms. The third-order valence-electron chi connectivity index (χ3n) is 3.93. The van der Waals surface area contributed by atoms with E-state index in [1.54, 1.807) is 6.92 Å². The van der Waals surface area contributed by atoms with E-state index in [2.05, 4.69) is 19.2 Å². The molecule has 0 bridgehead atoms. The minimum atomic E-state index is -4.02. The normalized spacial score (nSPS) is 13.8. The van der Waals surface area contributed by atoms with Crippen LogP contribution in [0, 0.1) is 11.8 Å². The second-order valence-corrected chi connectivity index (χ2v) is 9.26. The Hall–Kier alpha value is -0.800. The van der Waals surface area contributed by atoms with Gasteiger partial charge in [0.1, 0.15) is 0 Å². The third kappa shape index (κ3) is 15.5. The Labute approximate surface area is 161 Å². The van der Waals surface area contributed by atoms with Crippen molar-refractivity contribution in [2.24, 2.45) is 11.8 Å². The van der Waals surface area contributed by atoms with Gasteiger partial charge in [-0.3, -0.25) is 14.1 Å². The lowest BCUT2D eigenvalue weighted by Gasteiger charge is -2.11. The molecule has 0 heterocycles. The molecule has 0 aromatic carbocycles. The first-order chi connectivity index (χ1) is 12.2. The first-order valence-corrected chi connectivity index (χ1v) is 11.9. The van der Waals surface area contributed by atoms with Crippen LogP contribution < -0.4 is 5.32 Å². The van der Waals surface area contributed by atoms with E-state index < -0.39 is 21.8 Å². The highest BCUT2D eigenvalue weighted by molar-refractivity contribution is 7.99. The predicted octanol–water partition coefficient (Wildman–Crippen LogP) is 2.51. The molecule has 0 aliphatic carbocycles. The molecule has 0 radical (unpaired) electrons. The third-order valence-corrected chi connectivity index (χ3v) is 5.96. The quantitative estimate of drug-likeness (QED) is 0.242. The second kappa shape index (κ2) is 14.3. The Kier molecular flexibility index (Phi) is 13.8. The molecule has 7 nitrogen and oxygen atoms in total. The fourth-order valence-corrected chi connectivity index (χ4v) is 3.49. The molecule has 0 aromatic rings. The van der Waals surface area contributed by atoms with Gasteiger partial charge in [0.2, 0.25) is 5.91 Å². The number of hydrogen-bond donors (Lipinski definition) is 2. The molecule has 0 aliphatic rings. The summed E-state index contributed by atoms with van der Waals surface area (Å²) in [5, 5.41) is 2.91. The molecule has 154 valence electrons. The van der Waals surface area contributed by atoms with Gasteiger partial charge in [-0.15, -0.1) is 0 Å². The van der Waals surface area contributed by atoms with Crippen LogP contribution in [-0.4, -0.2) is 55.3 Å². The van der Waals surface area contributed by atoms with Crippen LogP contribution >= 0.6 is 11.8 Å². The first kappa shape index (κ1) is 25.2. The van der Waals surface area contributed by atoms with Gasteiger partial charge in [-0.2, -0.15) is 20.2 Å². The maximum atomic E-state index is 11.7. The van der Waals surface area contributed by atoms with Crippen LogP contribution in [0.1, 0.15) is 52.9 Å². The summed E-state index contributed by atoms with van der Waals surface area (Å²) in [7, 11) is -4.02. The zero-order chi connectivity index (χ0) is 20.0. The van der Waals surface area contributed by atoms with E-state index in [0.717, 1.165) is 19.3 Å². The Morgan fingerprint density at radius 3 is 2.54 bits per heavy atom. The van der Waals surface area contributed by atoms with Gasteiger partial charge in [0.15, 0.2) is 0 Å². The molecule has 0 saturated carbocycles. The maximum absolute atomic E-state index is 11.7. The summed E-state index contributed by atoms with van der Waals surface area (Å²) in [5.41, 5.74) is 0. The van der Waals surface area contributed by atoms with Crippen LogP contribution in [0.4, 0.5) is 0 Å². The molecule has 2 unspecified atom stereocenters. The van der Waals surface area contributed by atoms with Crippen molar-refractivity contribution in [3.05, 3.63) is 0 Å². The highest BCUT2D eigenvalue weighted by atomic mass is 32.2. The molecule has 0 aromatic heterocycles. The number of thioether (sulfide) groups is 1. The lowest BCUT2D eigenvalue weighted by molar-refractivity contribution is -0.147. The van der Waals surface area contributed by atoms with Crippen molar-refractivity contribution in [2.45, 2.75) is 52.9 Å². The van der Waals surface area contributed by atoms with E-state index in [1.165, 1.54) is 11.8 Å². The van der Waals surface area contributed by atoms with Gasteiger partial charge < -0.3 is 10.1 Å². The van der Waals surface area contributed by atoms with Gasteiger partial charge in [0, 0.05) is 24.5 Å². The van der Waals surface area contributed by atoms with E-state index in [0.29, 0.717) is 30.4 Å². The Balaban J connectivity index is 3.66. The van der Waals surface area contributed by atoms with Gasteiger partial charge in [-0.25, -0.2) is 0 Å². The lowest BCUT2D eigenvalue weighted by Crippen LogP contribution is -2.25. The number of hydrogen-bond acceptors (Lipinski definition) is 6. The molecule has 0 aliphatic heterocycles. The fraction of sp³-hybridized carbons (Fsp3) is 0.882. The van der Waals surface area contributed by atoms with E-state index in [1.807, 2.05) is 0 Å². The number of rotatable bonds is 15. The minimum absolute atomic E-state index is 0.0297. The number of carbonyl (C=O) groups is 2. The maximum Gasteiger partial charge on any atom is 0.309 e. The summed E-state index contributed by atoms with van der Waals surface area (Å²) in [6, 6.07) is 0. The molecule has 26 heavy (non-hydrogen) atoms. The number of esters is 1. The van der Waals surface area contributed by atoms with Gasteiger partial charge in [-0.1, -0.05) is 27.2 Å². The van der Waals surface area contributed by atoms with E-state index in [-0.39, 0.29) is 24.9 Å². The van der Waals surface area contributed by atoms with Crippen molar-refractivity contribution in [1.29, 1.82) is 0 Å². The minimum Gasteiger partial charge on any atom is -0.465 e. The summed E-state index contributed by atoms with van der Waals surface area (Å²) < 4.78 is 34.6. The monoisotopic (exact) mass is 411 g/mol. The van der Waals surface area contributed by atoms with Crippen molar-refractivity contribution >= 4 is 33.8 Å².